The minimum Gasteiger partial charge on any atom is -0.335 e. The minimum absolute atomic E-state index is 0.121. The lowest BCUT2D eigenvalue weighted by atomic mass is 10.0. The second-order valence-electron chi connectivity index (χ2n) is 7.52. The number of carbonyl (C=O) groups excluding carboxylic acids is 1. The number of rotatable bonds is 6. The van der Waals surface area contributed by atoms with E-state index < -0.39 is 11.7 Å². The fraction of sp³-hybridized carbons (Fsp3) is 0.318. The van der Waals surface area contributed by atoms with E-state index in [1.54, 1.807) is 17.9 Å². The van der Waals surface area contributed by atoms with Gasteiger partial charge in [0, 0.05) is 18.7 Å². The van der Waals surface area contributed by atoms with Crippen LogP contribution in [-0.2, 0) is 6.18 Å². The first-order valence-corrected chi connectivity index (χ1v) is 9.62. The number of aromatic nitrogens is 2. The van der Waals surface area contributed by atoms with Crippen LogP contribution >= 0.6 is 0 Å². The fourth-order valence-electron chi connectivity index (χ4n) is 3.44. The molecule has 0 unspecified atom stereocenters. The second-order valence-corrected chi connectivity index (χ2v) is 7.52. The van der Waals surface area contributed by atoms with E-state index in [0.717, 1.165) is 25.0 Å². The van der Waals surface area contributed by atoms with Crippen LogP contribution in [0.25, 0.3) is 22.4 Å². The van der Waals surface area contributed by atoms with Gasteiger partial charge in [-0.1, -0.05) is 23.4 Å². The Bertz CT molecular complexity index is 1120. The Morgan fingerprint density at radius 1 is 1.33 bits per heavy atom. The fourth-order valence-corrected chi connectivity index (χ4v) is 3.44. The first-order valence-electron chi connectivity index (χ1n) is 9.62. The van der Waals surface area contributed by atoms with Gasteiger partial charge in [-0.15, -0.1) is 6.58 Å². The van der Waals surface area contributed by atoms with Gasteiger partial charge in [-0.25, -0.2) is 4.98 Å². The number of hydrogen-bond donors (Lipinski definition) is 0. The van der Waals surface area contributed by atoms with Crippen molar-refractivity contribution in [2.24, 2.45) is 5.92 Å². The molecule has 0 bridgehead atoms. The molecule has 2 aromatic heterocycles. The van der Waals surface area contributed by atoms with E-state index in [4.69, 9.17) is 4.52 Å². The molecular formula is C22H20F3N3O2. The van der Waals surface area contributed by atoms with Crippen molar-refractivity contribution in [3.8, 4) is 11.3 Å². The molecule has 1 aliphatic rings. The summed E-state index contributed by atoms with van der Waals surface area (Å²) in [6, 6.07) is 6.36. The normalized spacial score (nSPS) is 14.1. The first-order chi connectivity index (χ1) is 14.3. The molecule has 1 saturated carbocycles. The monoisotopic (exact) mass is 415 g/mol. The molecule has 0 N–H and O–H groups in total. The number of amides is 1. The molecule has 0 atom stereocenters. The number of carbonyl (C=O) groups is 1. The molecule has 0 spiro atoms. The lowest BCUT2D eigenvalue weighted by Gasteiger charge is -2.21. The Morgan fingerprint density at radius 2 is 2.10 bits per heavy atom. The summed E-state index contributed by atoms with van der Waals surface area (Å²) in [5.74, 6) is 0.228. The third kappa shape index (κ3) is 3.94. The molecule has 0 saturated heterocycles. The van der Waals surface area contributed by atoms with E-state index in [2.05, 4.69) is 16.7 Å². The molecule has 1 amide bonds. The van der Waals surface area contributed by atoms with Crippen LogP contribution in [0.4, 0.5) is 13.2 Å². The zero-order valence-electron chi connectivity index (χ0n) is 16.4. The average Bonchev–Trinajstić information content (AvgIpc) is 3.46. The van der Waals surface area contributed by atoms with Gasteiger partial charge in [-0.2, -0.15) is 13.2 Å². The van der Waals surface area contributed by atoms with Crippen LogP contribution in [0.1, 0.15) is 34.5 Å². The molecule has 4 rings (SSSR count). The van der Waals surface area contributed by atoms with Crippen molar-refractivity contribution >= 4 is 17.0 Å². The summed E-state index contributed by atoms with van der Waals surface area (Å²) in [5.41, 5.74) is 0.613. The first kappa shape index (κ1) is 20.1. The minimum atomic E-state index is -4.48. The van der Waals surface area contributed by atoms with E-state index in [-0.39, 0.29) is 22.9 Å². The van der Waals surface area contributed by atoms with Gasteiger partial charge >= 0.3 is 6.18 Å². The van der Waals surface area contributed by atoms with E-state index in [9.17, 15) is 18.0 Å². The summed E-state index contributed by atoms with van der Waals surface area (Å²) in [6.07, 6.45) is -0.664. The number of hydrogen-bond acceptors (Lipinski definition) is 4. The van der Waals surface area contributed by atoms with Crippen molar-refractivity contribution in [2.75, 3.05) is 13.1 Å². The van der Waals surface area contributed by atoms with Crippen LogP contribution in [0.3, 0.4) is 0 Å². The Morgan fingerprint density at radius 3 is 2.77 bits per heavy atom. The summed E-state index contributed by atoms with van der Waals surface area (Å²) in [5, 5.41) is 4.37. The highest BCUT2D eigenvalue weighted by Crippen LogP contribution is 2.34. The molecule has 1 fully saturated rings. The van der Waals surface area contributed by atoms with E-state index in [1.807, 2.05) is 0 Å². The van der Waals surface area contributed by atoms with Crippen LogP contribution in [0.15, 0.2) is 47.5 Å². The van der Waals surface area contributed by atoms with Gasteiger partial charge < -0.3 is 9.42 Å². The Kier molecular flexibility index (Phi) is 5.09. The largest absolute Gasteiger partial charge is 0.416 e. The molecule has 2 heterocycles. The SMILES string of the molecule is C=CCN(CC1CC1)C(=O)c1cc(-c2cccc(C(F)(F)F)c2)nc2onc(C)c12. The lowest BCUT2D eigenvalue weighted by molar-refractivity contribution is -0.137. The molecule has 1 aromatic carbocycles. The Labute approximate surface area is 171 Å². The van der Waals surface area contributed by atoms with Gasteiger partial charge in [0.05, 0.1) is 27.9 Å². The third-order valence-electron chi connectivity index (χ3n) is 5.15. The lowest BCUT2D eigenvalue weighted by Crippen LogP contribution is -2.33. The van der Waals surface area contributed by atoms with E-state index >= 15 is 0 Å². The second kappa shape index (κ2) is 7.59. The molecule has 8 heteroatoms. The zero-order chi connectivity index (χ0) is 21.5. The molecule has 30 heavy (non-hydrogen) atoms. The van der Waals surface area contributed by atoms with Crippen molar-refractivity contribution in [1.82, 2.24) is 15.0 Å². The van der Waals surface area contributed by atoms with Gasteiger partial charge in [0.1, 0.15) is 0 Å². The van der Waals surface area contributed by atoms with Crippen molar-refractivity contribution < 1.29 is 22.5 Å². The topological polar surface area (TPSA) is 59.2 Å². The molecule has 156 valence electrons. The maximum atomic E-state index is 13.4. The molecule has 0 aliphatic heterocycles. The highest BCUT2D eigenvalue weighted by atomic mass is 19.4. The molecule has 1 aliphatic carbocycles. The third-order valence-corrected chi connectivity index (χ3v) is 5.15. The van der Waals surface area contributed by atoms with Crippen molar-refractivity contribution in [3.05, 3.63) is 59.8 Å². The molecule has 5 nitrogen and oxygen atoms in total. The predicted molar refractivity (Wildman–Crippen MR) is 106 cm³/mol. The number of benzene rings is 1. The number of fused-ring (bicyclic) bond motifs is 1. The highest BCUT2D eigenvalue weighted by Gasteiger charge is 2.31. The smallest absolute Gasteiger partial charge is 0.335 e. The summed E-state index contributed by atoms with van der Waals surface area (Å²) >= 11 is 0. The predicted octanol–water partition coefficient (Wildman–Crippen LogP) is 5.26. The van der Waals surface area contributed by atoms with Crippen LogP contribution in [0, 0.1) is 12.8 Å². The van der Waals surface area contributed by atoms with Crippen molar-refractivity contribution in [2.45, 2.75) is 25.9 Å². The van der Waals surface area contributed by atoms with Crippen LogP contribution in [0.5, 0.6) is 0 Å². The van der Waals surface area contributed by atoms with Crippen LogP contribution in [-0.4, -0.2) is 34.0 Å². The molecular weight excluding hydrogens is 395 g/mol. The number of pyridine rings is 1. The van der Waals surface area contributed by atoms with Crippen LogP contribution in [0.2, 0.25) is 0 Å². The molecule has 0 radical (unpaired) electrons. The van der Waals surface area contributed by atoms with E-state index in [0.29, 0.717) is 35.7 Å². The van der Waals surface area contributed by atoms with Crippen molar-refractivity contribution in [1.29, 1.82) is 0 Å². The average molecular weight is 415 g/mol. The highest BCUT2D eigenvalue weighted by molar-refractivity contribution is 6.07. The maximum Gasteiger partial charge on any atom is 0.416 e. The summed E-state index contributed by atoms with van der Waals surface area (Å²) in [6.45, 7) is 6.42. The van der Waals surface area contributed by atoms with Gasteiger partial charge in [-0.3, -0.25) is 4.79 Å². The number of halogens is 3. The van der Waals surface area contributed by atoms with Crippen molar-refractivity contribution in [3.63, 3.8) is 0 Å². The van der Waals surface area contributed by atoms with Crippen LogP contribution < -0.4 is 0 Å². The quantitative estimate of drug-likeness (QED) is 0.516. The van der Waals surface area contributed by atoms with Gasteiger partial charge in [0.2, 0.25) is 0 Å². The molecule has 3 aromatic rings. The van der Waals surface area contributed by atoms with Gasteiger partial charge in [0.25, 0.3) is 11.6 Å². The van der Waals surface area contributed by atoms with E-state index in [1.165, 1.54) is 18.2 Å². The summed E-state index contributed by atoms with van der Waals surface area (Å²) in [7, 11) is 0. The summed E-state index contributed by atoms with van der Waals surface area (Å²) < 4.78 is 44.7. The standard InChI is InChI=1S/C22H20F3N3O2/c1-3-9-28(12-14-7-8-14)21(29)17-11-18(26-20-19(17)13(2)27-30-20)15-5-4-6-16(10-15)22(23,24)25/h3-6,10-11,14H,1,7-9,12H2,2H3. The van der Waals surface area contributed by atoms with Gasteiger partial charge in [-0.05, 0) is 43.9 Å². The van der Waals surface area contributed by atoms with Gasteiger partial charge in [0.15, 0.2) is 0 Å². The Balaban J connectivity index is 1.82. The summed E-state index contributed by atoms with van der Waals surface area (Å²) in [4.78, 5) is 19.4. The number of nitrogens with zero attached hydrogens (tertiary/aromatic N) is 3. The zero-order valence-corrected chi connectivity index (χ0v) is 16.4. The number of aryl methyl sites for hydroxylation is 1. The maximum absolute atomic E-state index is 13.4. The number of alkyl halides is 3. The Hall–Kier alpha value is -3.16.